The molecule has 5 heteroatoms. The molecule has 0 saturated heterocycles. The zero-order valence-electron chi connectivity index (χ0n) is 23.8. The van der Waals surface area contributed by atoms with Gasteiger partial charge in [0.25, 0.3) is 0 Å². The molecule has 5 aliphatic rings. The number of esters is 1. The van der Waals surface area contributed by atoms with E-state index < -0.39 is 5.41 Å². The maximum atomic E-state index is 14.4. The summed E-state index contributed by atoms with van der Waals surface area (Å²) in [7, 11) is 1.51. The van der Waals surface area contributed by atoms with Crippen molar-refractivity contribution in [2.24, 2.45) is 55.4 Å². The van der Waals surface area contributed by atoms with E-state index in [4.69, 9.17) is 4.74 Å². The fourth-order valence-corrected chi connectivity index (χ4v) is 10.6. The number of carbonyl (C=O) groups is 2. The molecule has 5 nitrogen and oxygen atoms in total. The first kappa shape index (κ1) is 26.0. The van der Waals surface area contributed by atoms with Gasteiger partial charge in [0.2, 0.25) is 0 Å². The second-order valence-corrected chi connectivity index (χ2v) is 15.1. The molecule has 7 atom stereocenters. The molecular weight excluding hydrogens is 450 g/mol. The van der Waals surface area contributed by atoms with Gasteiger partial charge in [0.15, 0.2) is 5.78 Å². The average Bonchev–Trinajstić information content (AvgIpc) is 2.79. The van der Waals surface area contributed by atoms with Crippen molar-refractivity contribution in [2.45, 2.75) is 106 Å². The first-order chi connectivity index (χ1) is 16.6. The average molecular weight is 498 g/mol. The molecule has 200 valence electrons. The van der Waals surface area contributed by atoms with Crippen LogP contribution in [0.3, 0.4) is 0 Å². The predicted octanol–water partition coefficient (Wildman–Crippen LogP) is 6.97. The summed E-state index contributed by atoms with van der Waals surface area (Å²) in [4.78, 5) is 27.7. The van der Waals surface area contributed by atoms with Crippen LogP contribution in [0, 0.1) is 50.2 Å². The molecule has 0 aliphatic heterocycles. The third kappa shape index (κ3) is 3.04. The lowest BCUT2D eigenvalue weighted by Gasteiger charge is -2.69. The molecule has 0 aromatic heterocycles. The summed E-state index contributed by atoms with van der Waals surface area (Å²) in [6.45, 7) is 16.2. The Hall–Kier alpha value is -1.65. The Bertz CT molecular complexity index is 1050. The number of allylic oxidation sites excluding steroid dienone is 2. The molecule has 5 rings (SSSR count). The highest BCUT2D eigenvalue weighted by Gasteiger charge is 2.71. The molecule has 5 aliphatic carbocycles. The smallest absolute Gasteiger partial charge is 0.312 e. The second kappa shape index (κ2) is 7.69. The fraction of sp³-hybridized carbons (Fsp3) is 0.839. The first-order valence-electron chi connectivity index (χ1n) is 14.2. The van der Waals surface area contributed by atoms with Crippen LogP contribution in [0.5, 0.6) is 0 Å². The van der Waals surface area contributed by atoms with Gasteiger partial charge in [-0.05, 0) is 97.4 Å². The van der Waals surface area contributed by atoms with Crippen LogP contribution in [-0.2, 0) is 14.3 Å². The molecule has 1 N–H and O–H groups in total. The van der Waals surface area contributed by atoms with Crippen LogP contribution in [-0.4, -0.2) is 29.8 Å². The van der Waals surface area contributed by atoms with E-state index in [1.807, 2.05) is 6.08 Å². The lowest BCUT2D eigenvalue weighted by molar-refractivity contribution is -0.191. The lowest BCUT2D eigenvalue weighted by Crippen LogP contribution is -2.66. The maximum Gasteiger partial charge on any atom is 0.312 e. The number of ether oxygens (including phenoxy) is 1. The summed E-state index contributed by atoms with van der Waals surface area (Å²) in [6, 6.07) is 0. The minimum atomic E-state index is -0.535. The van der Waals surface area contributed by atoms with Crippen LogP contribution in [0.2, 0.25) is 0 Å². The molecule has 0 spiro atoms. The van der Waals surface area contributed by atoms with Crippen LogP contribution in [0.1, 0.15) is 106 Å². The first-order valence-corrected chi connectivity index (χ1v) is 14.2. The third-order valence-electron chi connectivity index (χ3n) is 12.9. The van der Waals surface area contributed by atoms with Gasteiger partial charge in [-0.15, -0.1) is 0 Å². The van der Waals surface area contributed by atoms with Crippen molar-refractivity contribution in [1.82, 2.24) is 0 Å². The molecule has 0 aromatic rings. The van der Waals surface area contributed by atoms with Gasteiger partial charge in [-0.2, -0.15) is 0 Å². The molecule has 0 radical (unpaired) electrons. The lowest BCUT2D eigenvalue weighted by atomic mass is 9.34. The summed E-state index contributed by atoms with van der Waals surface area (Å²) in [6.07, 6.45) is 10.2. The summed E-state index contributed by atoms with van der Waals surface area (Å²) in [5.41, 5.74) is 1.22. The zero-order chi connectivity index (χ0) is 26.5. The molecular formula is C31H47NO4. The number of fused-ring (bicyclic) bond motifs is 7. The quantitative estimate of drug-likeness (QED) is 0.241. The number of nitrogens with zero attached hydrogens (tertiary/aromatic N) is 1. The summed E-state index contributed by atoms with van der Waals surface area (Å²) in [5.74, 6) is 0.351. The van der Waals surface area contributed by atoms with Crippen LogP contribution >= 0.6 is 0 Å². The number of hydrogen-bond donors (Lipinski definition) is 1. The SMILES string of the molecule is COC(=O)[C@]12CCC(C)(C)C[C@H]1[C@H]1C(=O)C=C3[C@@]4(C)CC/C(=N\O)C(C)(C)[C@@H]4CC[C@@]3(C)[C@]1(C)CC2. The predicted molar refractivity (Wildman–Crippen MR) is 141 cm³/mol. The van der Waals surface area contributed by atoms with Crippen molar-refractivity contribution in [3.63, 3.8) is 0 Å². The van der Waals surface area contributed by atoms with E-state index in [2.05, 4.69) is 53.6 Å². The van der Waals surface area contributed by atoms with E-state index >= 15 is 0 Å². The molecule has 0 aromatic carbocycles. The summed E-state index contributed by atoms with van der Waals surface area (Å²) in [5, 5.41) is 13.5. The van der Waals surface area contributed by atoms with Gasteiger partial charge < -0.3 is 9.94 Å². The number of ketones is 1. The van der Waals surface area contributed by atoms with Gasteiger partial charge in [0, 0.05) is 11.3 Å². The number of oxime groups is 1. The summed E-state index contributed by atoms with van der Waals surface area (Å²) < 4.78 is 5.43. The Balaban J connectivity index is 1.65. The van der Waals surface area contributed by atoms with E-state index in [1.165, 1.54) is 12.7 Å². The Labute approximate surface area is 217 Å². The fourth-order valence-electron chi connectivity index (χ4n) is 10.6. The Kier molecular flexibility index (Phi) is 5.55. The Morgan fingerprint density at radius 1 is 1.00 bits per heavy atom. The molecule has 0 bridgehead atoms. The highest BCUT2D eigenvalue weighted by Crippen LogP contribution is 2.75. The zero-order valence-corrected chi connectivity index (χ0v) is 23.8. The molecule has 0 amide bonds. The molecule has 0 heterocycles. The van der Waals surface area contributed by atoms with Gasteiger partial charge in [-0.25, -0.2) is 0 Å². The molecule has 4 fully saturated rings. The Morgan fingerprint density at radius 3 is 2.31 bits per heavy atom. The van der Waals surface area contributed by atoms with E-state index in [-0.39, 0.29) is 50.7 Å². The van der Waals surface area contributed by atoms with Crippen molar-refractivity contribution in [1.29, 1.82) is 0 Å². The molecule has 0 unspecified atom stereocenters. The van der Waals surface area contributed by atoms with Crippen LogP contribution in [0.4, 0.5) is 0 Å². The van der Waals surface area contributed by atoms with E-state index in [0.29, 0.717) is 5.92 Å². The summed E-state index contributed by atoms with van der Waals surface area (Å²) >= 11 is 0. The largest absolute Gasteiger partial charge is 0.469 e. The number of carbonyl (C=O) groups excluding carboxylic acids is 2. The van der Waals surface area contributed by atoms with E-state index in [0.717, 1.165) is 63.5 Å². The van der Waals surface area contributed by atoms with Crippen molar-refractivity contribution >= 4 is 17.5 Å². The van der Waals surface area contributed by atoms with Gasteiger partial charge >= 0.3 is 5.97 Å². The highest BCUT2D eigenvalue weighted by molar-refractivity contribution is 5.97. The number of methoxy groups -OCH3 is 1. The number of rotatable bonds is 1. The minimum Gasteiger partial charge on any atom is -0.469 e. The van der Waals surface area contributed by atoms with Crippen molar-refractivity contribution in [2.75, 3.05) is 7.11 Å². The Morgan fingerprint density at radius 2 is 1.67 bits per heavy atom. The van der Waals surface area contributed by atoms with Gasteiger partial charge in [0.05, 0.1) is 18.2 Å². The maximum absolute atomic E-state index is 14.4. The second-order valence-electron chi connectivity index (χ2n) is 15.1. The van der Waals surface area contributed by atoms with E-state index in [1.54, 1.807) is 0 Å². The van der Waals surface area contributed by atoms with Crippen molar-refractivity contribution in [3.8, 4) is 0 Å². The normalized spacial score (nSPS) is 48.1. The standard InChI is InChI=1S/C31H47NO4/c1-26(2)13-15-31(25(34)36-8)16-14-30(7)24(19(31)18-26)20(33)17-22-28(5)11-10-23(32-35)27(3,4)21(28)9-12-29(22,30)6/h17,19,21,24,35H,9-16,18H2,1-8H3/b32-23+/t19-,21-,24-,28-,29+,30+,31-/m0/s1. The van der Waals surface area contributed by atoms with Crippen LogP contribution in [0.15, 0.2) is 16.8 Å². The van der Waals surface area contributed by atoms with Crippen molar-refractivity contribution in [3.05, 3.63) is 11.6 Å². The number of hydrogen-bond acceptors (Lipinski definition) is 5. The van der Waals surface area contributed by atoms with E-state index in [9.17, 15) is 14.8 Å². The highest BCUT2D eigenvalue weighted by atomic mass is 16.5. The minimum absolute atomic E-state index is 0.0241. The van der Waals surface area contributed by atoms with Gasteiger partial charge in [-0.3, -0.25) is 9.59 Å². The van der Waals surface area contributed by atoms with Crippen molar-refractivity contribution < 1.29 is 19.5 Å². The van der Waals surface area contributed by atoms with Gasteiger partial charge in [-0.1, -0.05) is 59.2 Å². The third-order valence-corrected chi connectivity index (χ3v) is 12.9. The monoisotopic (exact) mass is 497 g/mol. The van der Waals surface area contributed by atoms with Crippen LogP contribution in [0.25, 0.3) is 0 Å². The topological polar surface area (TPSA) is 76.0 Å². The van der Waals surface area contributed by atoms with Gasteiger partial charge in [0.1, 0.15) is 0 Å². The van der Waals surface area contributed by atoms with Crippen LogP contribution < -0.4 is 0 Å². The molecule has 36 heavy (non-hydrogen) atoms. The molecule has 4 saturated carbocycles.